The van der Waals surface area contributed by atoms with Crippen molar-refractivity contribution in [2.24, 2.45) is 5.73 Å². The average molecular weight is 215 g/mol. The maximum Gasteiger partial charge on any atom is 0.0809 e. The third-order valence-corrected chi connectivity index (χ3v) is 3.02. The Kier molecular flexibility index (Phi) is 6.22. The molecule has 0 saturated carbocycles. The van der Waals surface area contributed by atoms with Crippen LogP contribution in [0.4, 0.5) is 0 Å². The van der Waals surface area contributed by atoms with E-state index in [1.807, 2.05) is 0 Å². The van der Waals surface area contributed by atoms with E-state index in [0.29, 0.717) is 6.10 Å². The van der Waals surface area contributed by atoms with Gasteiger partial charge in [-0.2, -0.15) is 0 Å². The van der Waals surface area contributed by atoms with E-state index in [2.05, 4.69) is 13.8 Å². The highest BCUT2D eigenvalue weighted by Gasteiger charge is 2.20. The van der Waals surface area contributed by atoms with Gasteiger partial charge in [-0.1, -0.05) is 20.3 Å². The largest absolute Gasteiger partial charge is 0.376 e. The molecule has 1 saturated heterocycles. The van der Waals surface area contributed by atoms with Crippen molar-refractivity contribution >= 4 is 0 Å². The highest BCUT2D eigenvalue weighted by atomic mass is 16.5. The normalized spacial score (nSPS) is 25.4. The van der Waals surface area contributed by atoms with Crippen LogP contribution in [0.5, 0.6) is 0 Å². The highest BCUT2D eigenvalue weighted by Crippen LogP contribution is 2.15. The summed E-state index contributed by atoms with van der Waals surface area (Å²) in [5.74, 6) is 0. The zero-order chi connectivity index (χ0) is 11.1. The number of rotatable bonds is 7. The quantitative estimate of drug-likeness (QED) is 0.707. The fourth-order valence-electron chi connectivity index (χ4n) is 2.07. The Labute approximate surface area is 93.3 Å². The van der Waals surface area contributed by atoms with E-state index in [9.17, 15) is 0 Å². The first-order chi connectivity index (χ1) is 7.27. The SMILES string of the molecule is CCCC(N)C(CC)OCC1CCCO1. The summed E-state index contributed by atoms with van der Waals surface area (Å²) in [4.78, 5) is 0. The zero-order valence-corrected chi connectivity index (χ0v) is 10.1. The lowest BCUT2D eigenvalue weighted by Gasteiger charge is -2.24. The molecule has 0 amide bonds. The van der Waals surface area contributed by atoms with Crippen molar-refractivity contribution in [2.75, 3.05) is 13.2 Å². The van der Waals surface area contributed by atoms with Crippen LogP contribution in [0.3, 0.4) is 0 Å². The van der Waals surface area contributed by atoms with Gasteiger partial charge in [-0.15, -0.1) is 0 Å². The third-order valence-electron chi connectivity index (χ3n) is 3.02. The standard InChI is InChI=1S/C12H25NO2/c1-3-6-11(13)12(4-2)15-9-10-7-5-8-14-10/h10-12H,3-9,13H2,1-2H3. The Hall–Kier alpha value is -0.120. The summed E-state index contributed by atoms with van der Waals surface area (Å²) < 4.78 is 11.4. The van der Waals surface area contributed by atoms with Crippen molar-refractivity contribution in [3.8, 4) is 0 Å². The second-order valence-electron chi connectivity index (χ2n) is 4.37. The number of ether oxygens (including phenoxy) is 2. The third kappa shape index (κ3) is 4.49. The summed E-state index contributed by atoms with van der Waals surface area (Å²) >= 11 is 0. The van der Waals surface area contributed by atoms with Crippen LogP contribution in [-0.4, -0.2) is 31.5 Å². The lowest BCUT2D eigenvalue weighted by Crippen LogP contribution is -2.37. The predicted molar refractivity (Wildman–Crippen MR) is 61.9 cm³/mol. The van der Waals surface area contributed by atoms with Gasteiger partial charge in [0.25, 0.3) is 0 Å². The van der Waals surface area contributed by atoms with Crippen LogP contribution in [0.15, 0.2) is 0 Å². The molecular weight excluding hydrogens is 190 g/mol. The van der Waals surface area contributed by atoms with E-state index in [1.54, 1.807) is 0 Å². The molecular formula is C12H25NO2. The van der Waals surface area contributed by atoms with Gasteiger partial charge in [0.2, 0.25) is 0 Å². The maximum atomic E-state index is 6.06. The van der Waals surface area contributed by atoms with Gasteiger partial charge < -0.3 is 15.2 Å². The Morgan fingerprint density at radius 3 is 2.80 bits per heavy atom. The molecule has 3 heteroatoms. The Bertz CT molecular complexity index is 158. The highest BCUT2D eigenvalue weighted by molar-refractivity contribution is 4.73. The molecule has 0 spiro atoms. The molecule has 1 aliphatic heterocycles. The molecule has 90 valence electrons. The van der Waals surface area contributed by atoms with E-state index in [4.69, 9.17) is 15.2 Å². The van der Waals surface area contributed by atoms with Crippen molar-refractivity contribution in [1.82, 2.24) is 0 Å². The first-order valence-electron chi connectivity index (χ1n) is 6.26. The predicted octanol–water partition coefficient (Wildman–Crippen LogP) is 2.09. The lowest BCUT2D eigenvalue weighted by atomic mass is 10.0. The van der Waals surface area contributed by atoms with Crippen LogP contribution >= 0.6 is 0 Å². The molecule has 0 aromatic rings. The molecule has 1 aliphatic rings. The minimum absolute atomic E-state index is 0.182. The molecule has 1 heterocycles. The van der Waals surface area contributed by atoms with Crippen molar-refractivity contribution < 1.29 is 9.47 Å². The van der Waals surface area contributed by atoms with E-state index in [-0.39, 0.29) is 12.1 Å². The van der Waals surface area contributed by atoms with Crippen LogP contribution in [0, 0.1) is 0 Å². The summed E-state index contributed by atoms with van der Waals surface area (Å²) in [6.07, 6.45) is 5.99. The van der Waals surface area contributed by atoms with E-state index in [0.717, 1.165) is 38.9 Å². The molecule has 3 nitrogen and oxygen atoms in total. The molecule has 0 radical (unpaired) electrons. The molecule has 0 aromatic carbocycles. The van der Waals surface area contributed by atoms with E-state index in [1.165, 1.54) is 6.42 Å². The molecule has 3 atom stereocenters. The average Bonchev–Trinajstić information content (AvgIpc) is 2.72. The number of hydrogen-bond donors (Lipinski definition) is 1. The monoisotopic (exact) mass is 215 g/mol. The van der Waals surface area contributed by atoms with Gasteiger partial charge in [-0.3, -0.25) is 0 Å². The topological polar surface area (TPSA) is 44.5 Å². The maximum absolute atomic E-state index is 6.06. The minimum Gasteiger partial charge on any atom is -0.376 e. The van der Waals surface area contributed by atoms with Gasteiger partial charge in [-0.25, -0.2) is 0 Å². The number of hydrogen-bond acceptors (Lipinski definition) is 3. The second kappa shape index (κ2) is 7.20. The lowest BCUT2D eigenvalue weighted by molar-refractivity contribution is -0.0313. The van der Waals surface area contributed by atoms with Gasteiger partial charge >= 0.3 is 0 Å². The Morgan fingerprint density at radius 2 is 2.27 bits per heavy atom. The smallest absolute Gasteiger partial charge is 0.0809 e. The molecule has 3 unspecified atom stereocenters. The summed E-state index contributed by atoms with van der Waals surface area (Å²) in [6, 6.07) is 0.182. The van der Waals surface area contributed by atoms with Crippen LogP contribution in [0.2, 0.25) is 0 Å². The molecule has 2 N–H and O–H groups in total. The van der Waals surface area contributed by atoms with Gasteiger partial charge in [0, 0.05) is 12.6 Å². The number of nitrogens with two attached hydrogens (primary N) is 1. The summed E-state index contributed by atoms with van der Waals surface area (Å²) in [5.41, 5.74) is 6.06. The molecule has 0 bridgehead atoms. The van der Waals surface area contributed by atoms with Crippen LogP contribution < -0.4 is 5.73 Å². The molecule has 15 heavy (non-hydrogen) atoms. The molecule has 0 aliphatic carbocycles. The van der Waals surface area contributed by atoms with E-state index < -0.39 is 0 Å². The van der Waals surface area contributed by atoms with Crippen molar-refractivity contribution in [1.29, 1.82) is 0 Å². The van der Waals surface area contributed by atoms with Gasteiger partial charge in [-0.05, 0) is 25.7 Å². The molecule has 1 fully saturated rings. The fourth-order valence-corrected chi connectivity index (χ4v) is 2.07. The van der Waals surface area contributed by atoms with Gasteiger partial charge in [0.15, 0.2) is 0 Å². The minimum atomic E-state index is 0.182. The zero-order valence-electron chi connectivity index (χ0n) is 10.1. The Balaban J connectivity index is 2.19. The summed E-state index contributed by atoms with van der Waals surface area (Å²) in [6.45, 7) is 5.91. The van der Waals surface area contributed by atoms with Crippen LogP contribution in [0.1, 0.15) is 46.0 Å². The van der Waals surface area contributed by atoms with Crippen molar-refractivity contribution in [2.45, 2.75) is 64.2 Å². The van der Waals surface area contributed by atoms with E-state index >= 15 is 0 Å². The van der Waals surface area contributed by atoms with Crippen molar-refractivity contribution in [3.63, 3.8) is 0 Å². The van der Waals surface area contributed by atoms with Gasteiger partial charge in [0.05, 0.1) is 18.8 Å². The fraction of sp³-hybridized carbons (Fsp3) is 1.00. The molecule has 1 rings (SSSR count). The first kappa shape index (κ1) is 12.9. The second-order valence-corrected chi connectivity index (χ2v) is 4.37. The van der Waals surface area contributed by atoms with Gasteiger partial charge in [0.1, 0.15) is 0 Å². The summed E-state index contributed by atoms with van der Waals surface area (Å²) in [7, 11) is 0. The van der Waals surface area contributed by atoms with Crippen LogP contribution in [-0.2, 0) is 9.47 Å². The molecule has 0 aromatic heterocycles. The first-order valence-corrected chi connectivity index (χ1v) is 6.26. The van der Waals surface area contributed by atoms with Crippen LogP contribution in [0.25, 0.3) is 0 Å². The van der Waals surface area contributed by atoms with Crippen molar-refractivity contribution in [3.05, 3.63) is 0 Å². The summed E-state index contributed by atoms with van der Waals surface area (Å²) in [5, 5.41) is 0. The Morgan fingerprint density at radius 1 is 1.47 bits per heavy atom.